The first-order valence-electron chi connectivity index (χ1n) is 6.91. The zero-order valence-corrected chi connectivity index (χ0v) is 11.8. The van der Waals surface area contributed by atoms with Gasteiger partial charge in [-0.3, -0.25) is 10.3 Å². The molecule has 5 heteroatoms. The zero-order valence-electron chi connectivity index (χ0n) is 11.8. The van der Waals surface area contributed by atoms with Crippen LogP contribution < -0.4 is 10.6 Å². The fourth-order valence-corrected chi connectivity index (χ4v) is 2.38. The van der Waals surface area contributed by atoms with E-state index in [1.54, 1.807) is 6.20 Å². The van der Waals surface area contributed by atoms with E-state index in [-0.39, 0.29) is 5.84 Å². The lowest BCUT2D eigenvalue weighted by atomic mass is 10.2. The van der Waals surface area contributed by atoms with Gasteiger partial charge in [0, 0.05) is 44.0 Å². The van der Waals surface area contributed by atoms with Crippen LogP contribution in [0, 0.1) is 5.41 Å². The normalized spacial score (nSPS) is 18.3. The van der Waals surface area contributed by atoms with Crippen LogP contribution in [0.4, 0.5) is 5.82 Å². The Labute approximate surface area is 114 Å². The van der Waals surface area contributed by atoms with Crippen molar-refractivity contribution in [3.63, 3.8) is 0 Å². The van der Waals surface area contributed by atoms with Gasteiger partial charge in [-0.15, -0.1) is 0 Å². The number of nitrogen functional groups attached to an aromatic ring is 1. The van der Waals surface area contributed by atoms with Crippen LogP contribution in [0.1, 0.15) is 25.8 Å². The summed E-state index contributed by atoms with van der Waals surface area (Å²) in [5, 5.41) is 7.36. The molecule has 104 valence electrons. The molecule has 1 atom stereocenters. The van der Waals surface area contributed by atoms with Crippen molar-refractivity contribution in [3.8, 4) is 0 Å². The van der Waals surface area contributed by atoms with E-state index in [2.05, 4.69) is 28.6 Å². The van der Waals surface area contributed by atoms with Crippen molar-refractivity contribution in [2.75, 3.05) is 31.1 Å². The van der Waals surface area contributed by atoms with Crippen LogP contribution in [0.15, 0.2) is 18.3 Å². The minimum absolute atomic E-state index is 0.0700. The average Bonchev–Trinajstić information content (AvgIpc) is 2.46. The lowest BCUT2D eigenvalue weighted by Gasteiger charge is -2.38. The number of aromatic nitrogens is 1. The van der Waals surface area contributed by atoms with Gasteiger partial charge in [0.05, 0.1) is 0 Å². The van der Waals surface area contributed by atoms with Crippen LogP contribution in [0.5, 0.6) is 0 Å². The second-order valence-electron chi connectivity index (χ2n) is 5.10. The SMILES string of the molecule is CCC(C)N1CCN(c2ccc(C(=N)N)cn2)CC1. The molecular formula is C14H23N5. The van der Waals surface area contributed by atoms with Gasteiger partial charge < -0.3 is 10.6 Å². The minimum atomic E-state index is 0.0700. The molecule has 0 saturated carbocycles. The molecule has 1 fully saturated rings. The van der Waals surface area contributed by atoms with Crippen molar-refractivity contribution in [2.24, 2.45) is 5.73 Å². The number of nitrogens with zero attached hydrogens (tertiary/aromatic N) is 3. The summed E-state index contributed by atoms with van der Waals surface area (Å²) in [6, 6.07) is 4.48. The van der Waals surface area contributed by atoms with Crippen LogP contribution in [0.3, 0.4) is 0 Å². The lowest BCUT2D eigenvalue weighted by molar-refractivity contribution is 0.192. The van der Waals surface area contributed by atoms with Crippen molar-refractivity contribution in [3.05, 3.63) is 23.9 Å². The fraction of sp³-hybridized carbons (Fsp3) is 0.571. The van der Waals surface area contributed by atoms with Crippen molar-refractivity contribution in [2.45, 2.75) is 26.3 Å². The largest absolute Gasteiger partial charge is 0.384 e. The summed E-state index contributed by atoms with van der Waals surface area (Å²) in [6.45, 7) is 8.72. The Bertz CT molecular complexity index is 420. The van der Waals surface area contributed by atoms with E-state index in [1.165, 1.54) is 6.42 Å². The van der Waals surface area contributed by atoms with Crippen molar-refractivity contribution >= 4 is 11.7 Å². The first-order valence-corrected chi connectivity index (χ1v) is 6.91. The second-order valence-corrected chi connectivity index (χ2v) is 5.10. The standard InChI is InChI=1S/C14H23N5/c1-3-11(2)18-6-8-19(9-7-18)13-5-4-12(10-17-13)14(15)16/h4-5,10-11H,3,6-9H2,1-2H3,(H3,15,16). The van der Waals surface area contributed by atoms with Gasteiger partial charge in [-0.1, -0.05) is 6.92 Å². The van der Waals surface area contributed by atoms with Crippen LogP contribution in [0.2, 0.25) is 0 Å². The highest BCUT2D eigenvalue weighted by atomic mass is 15.3. The third-order valence-electron chi connectivity index (χ3n) is 3.91. The molecular weight excluding hydrogens is 238 g/mol. The number of hydrogen-bond acceptors (Lipinski definition) is 4. The summed E-state index contributed by atoms with van der Waals surface area (Å²) in [5.41, 5.74) is 6.11. The Morgan fingerprint density at radius 3 is 2.53 bits per heavy atom. The third kappa shape index (κ3) is 3.23. The molecule has 0 amide bonds. The molecule has 0 bridgehead atoms. The zero-order chi connectivity index (χ0) is 13.8. The number of anilines is 1. The summed E-state index contributed by atoms with van der Waals surface area (Å²) in [7, 11) is 0. The van der Waals surface area contributed by atoms with E-state index >= 15 is 0 Å². The molecule has 5 nitrogen and oxygen atoms in total. The predicted octanol–water partition coefficient (Wildman–Crippen LogP) is 1.29. The number of nitrogens with two attached hydrogens (primary N) is 1. The number of pyridine rings is 1. The molecule has 2 heterocycles. The topological polar surface area (TPSA) is 69.2 Å². The van der Waals surface area contributed by atoms with Crippen LogP contribution >= 0.6 is 0 Å². The fourth-order valence-electron chi connectivity index (χ4n) is 2.38. The van der Waals surface area contributed by atoms with E-state index in [0.29, 0.717) is 11.6 Å². The van der Waals surface area contributed by atoms with Gasteiger partial charge in [-0.2, -0.15) is 0 Å². The quantitative estimate of drug-likeness (QED) is 0.633. The number of nitrogens with one attached hydrogen (secondary N) is 1. The molecule has 0 aromatic carbocycles. The predicted molar refractivity (Wildman–Crippen MR) is 78.8 cm³/mol. The summed E-state index contributed by atoms with van der Waals surface area (Å²) in [6.07, 6.45) is 2.88. The monoisotopic (exact) mass is 261 g/mol. The molecule has 0 radical (unpaired) electrons. The number of rotatable bonds is 4. The van der Waals surface area contributed by atoms with Gasteiger partial charge in [0.15, 0.2) is 0 Å². The Morgan fingerprint density at radius 2 is 2.05 bits per heavy atom. The molecule has 3 N–H and O–H groups in total. The Morgan fingerprint density at radius 1 is 1.37 bits per heavy atom. The van der Waals surface area contributed by atoms with Crippen molar-refractivity contribution in [1.29, 1.82) is 5.41 Å². The molecule has 0 aliphatic carbocycles. The highest BCUT2D eigenvalue weighted by Crippen LogP contribution is 2.15. The van der Waals surface area contributed by atoms with Crippen LogP contribution in [-0.4, -0.2) is 47.9 Å². The molecule has 1 aromatic heterocycles. The van der Waals surface area contributed by atoms with E-state index in [9.17, 15) is 0 Å². The third-order valence-corrected chi connectivity index (χ3v) is 3.91. The molecule has 1 aliphatic heterocycles. The molecule has 19 heavy (non-hydrogen) atoms. The number of amidine groups is 1. The number of hydrogen-bond donors (Lipinski definition) is 2. The molecule has 1 unspecified atom stereocenters. The average molecular weight is 261 g/mol. The van der Waals surface area contributed by atoms with Crippen LogP contribution in [0.25, 0.3) is 0 Å². The smallest absolute Gasteiger partial charge is 0.128 e. The van der Waals surface area contributed by atoms with E-state index in [4.69, 9.17) is 11.1 Å². The van der Waals surface area contributed by atoms with Gasteiger partial charge in [0.25, 0.3) is 0 Å². The Kier molecular flexibility index (Phi) is 4.37. The van der Waals surface area contributed by atoms with Gasteiger partial charge in [-0.05, 0) is 25.5 Å². The lowest BCUT2D eigenvalue weighted by Crippen LogP contribution is -2.49. The van der Waals surface area contributed by atoms with E-state index < -0.39 is 0 Å². The maximum absolute atomic E-state index is 7.36. The highest BCUT2D eigenvalue weighted by molar-refractivity contribution is 5.94. The van der Waals surface area contributed by atoms with Crippen LogP contribution in [-0.2, 0) is 0 Å². The van der Waals surface area contributed by atoms with E-state index in [1.807, 2.05) is 12.1 Å². The first-order chi connectivity index (χ1) is 9.11. The molecule has 1 saturated heterocycles. The Hall–Kier alpha value is -1.62. The summed E-state index contributed by atoms with van der Waals surface area (Å²) >= 11 is 0. The first kappa shape index (κ1) is 13.8. The van der Waals surface area contributed by atoms with Gasteiger partial charge >= 0.3 is 0 Å². The van der Waals surface area contributed by atoms with Crippen molar-refractivity contribution < 1.29 is 0 Å². The molecule has 0 spiro atoms. The van der Waals surface area contributed by atoms with Gasteiger partial charge in [0.1, 0.15) is 11.7 Å². The van der Waals surface area contributed by atoms with E-state index in [0.717, 1.165) is 32.0 Å². The highest BCUT2D eigenvalue weighted by Gasteiger charge is 2.20. The maximum atomic E-state index is 7.36. The second kappa shape index (κ2) is 6.02. The van der Waals surface area contributed by atoms with Crippen molar-refractivity contribution in [1.82, 2.24) is 9.88 Å². The number of piperazine rings is 1. The summed E-state index contributed by atoms with van der Waals surface area (Å²) < 4.78 is 0. The van der Waals surface area contributed by atoms with Gasteiger partial charge in [0.2, 0.25) is 0 Å². The van der Waals surface area contributed by atoms with Gasteiger partial charge in [-0.25, -0.2) is 4.98 Å². The summed E-state index contributed by atoms with van der Waals surface area (Å²) in [4.78, 5) is 9.22. The maximum Gasteiger partial charge on any atom is 0.128 e. The summed E-state index contributed by atoms with van der Waals surface area (Å²) in [5.74, 6) is 1.05. The molecule has 1 aliphatic rings. The minimum Gasteiger partial charge on any atom is -0.384 e. The molecule has 1 aromatic rings. The molecule has 2 rings (SSSR count). The Balaban J connectivity index is 1.96.